The van der Waals surface area contributed by atoms with Crippen molar-refractivity contribution in [3.05, 3.63) is 70.8 Å². The van der Waals surface area contributed by atoms with E-state index in [1.54, 1.807) is 0 Å². The summed E-state index contributed by atoms with van der Waals surface area (Å²) in [6.45, 7) is 3.63. The number of amides is 1. The normalized spacial score (nSPS) is 19.2. The number of aliphatic hydroxyl groups is 1. The van der Waals surface area contributed by atoms with Gasteiger partial charge in [0.25, 0.3) is 5.91 Å². The van der Waals surface area contributed by atoms with Crippen molar-refractivity contribution in [3.63, 3.8) is 0 Å². The molecule has 2 aromatic carbocycles. The summed E-state index contributed by atoms with van der Waals surface area (Å²) in [5, 5.41) is 13.1. The zero-order valence-corrected chi connectivity index (χ0v) is 16.7. The highest BCUT2D eigenvalue weighted by Gasteiger charge is 2.34. The summed E-state index contributed by atoms with van der Waals surface area (Å²) in [6.07, 6.45) is 2.44. The largest absolute Gasteiger partial charge is 0.390 e. The Hall–Kier alpha value is -2.17. The fraction of sp³-hybridized carbons (Fsp3) is 0.435. The summed E-state index contributed by atoms with van der Waals surface area (Å²) in [7, 11) is 4.13. The van der Waals surface area contributed by atoms with Crippen LogP contribution >= 0.6 is 0 Å². The minimum atomic E-state index is -0.674. The topological polar surface area (TPSA) is 52.6 Å². The second kappa shape index (κ2) is 7.83. The van der Waals surface area contributed by atoms with Crippen molar-refractivity contribution in [1.29, 1.82) is 0 Å². The molecule has 144 valence electrons. The molecule has 1 aliphatic rings. The van der Waals surface area contributed by atoms with Gasteiger partial charge in [-0.1, -0.05) is 36.4 Å². The summed E-state index contributed by atoms with van der Waals surface area (Å²) in [4.78, 5) is 15.0. The van der Waals surface area contributed by atoms with Gasteiger partial charge in [-0.3, -0.25) is 4.79 Å². The van der Waals surface area contributed by atoms with Crippen molar-refractivity contribution >= 4 is 5.91 Å². The number of aryl methyl sites for hydroxylation is 1. The van der Waals surface area contributed by atoms with Crippen LogP contribution in [0.1, 0.15) is 53.4 Å². The average Bonchev–Trinajstić information content (AvgIpc) is 2.99. The predicted molar refractivity (Wildman–Crippen MR) is 109 cm³/mol. The van der Waals surface area contributed by atoms with Crippen LogP contribution in [0, 0.1) is 0 Å². The number of nitrogens with zero attached hydrogens (tertiary/aromatic N) is 1. The van der Waals surface area contributed by atoms with Gasteiger partial charge in [-0.2, -0.15) is 0 Å². The van der Waals surface area contributed by atoms with Gasteiger partial charge in [-0.25, -0.2) is 0 Å². The molecule has 0 aliphatic heterocycles. The van der Waals surface area contributed by atoms with Gasteiger partial charge in [-0.05, 0) is 76.0 Å². The molecular formula is C23H30N2O2. The van der Waals surface area contributed by atoms with Gasteiger partial charge < -0.3 is 15.3 Å². The van der Waals surface area contributed by atoms with E-state index in [1.165, 1.54) is 11.1 Å². The number of likely N-dealkylation sites (N-methyl/N-ethyl adjacent to an activating group) is 1. The Labute approximate surface area is 162 Å². The molecule has 0 saturated heterocycles. The lowest BCUT2D eigenvalue weighted by Gasteiger charge is -2.27. The number of hydrogen-bond acceptors (Lipinski definition) is 3. The summed E-state index contributed by atoms with van der Waals surface area (Å²) in [5.74, 6) is -0.0439. The molecule has 3 rings (SSSR count). The maximum absolute atomic E-state index is 12.8. The van der Waals surface area contributed by atoms with Crippen LogP contribution in [0.2, 0.25) is 0 Å². The highest BCUT2D eigenvalue weighted by atomic mass is 16.3. The minimum absolute atomic E-state index is 0.00133. The predicted octanol–water partition coefficient (Wildman–Crippen LogP) is 3.35. The monoisotopic (exact) mass is 366 g/mol. The maximum Gasteiger partial charge on any atom is 0.251 e. The van der Waals surface area contributed by atoms with Gasteiger partial charge in [0.05, 0.1) is 11.6 Å². The van der Waals surface area contributed by atoms with E-state index in [1.807, 2.05) is 44.2 Å². The van der Waals surface area contributed by atoms with E-state index < -0.39 is 5.60 Å². The summed E-state index contributed by atoms with van der Waals surface area (Å²) in [6, 6.07) is 16.3. The summed E-state index contributed by atoms with van der Waals surface area (Å²) in [5.41, 5.74) is 3.65. The molecule has 0 fully saturated rings. The Balaban J connectivity index is 1.71. The van der Waals surface area contributed by atoms with Crippen LogP contribution in [0.5, 0.6) is 0 Å². The van der Waals surface area contributed by atoms with Gasteiger partial charge in [0.1, 0.15) is 0 Å². The minimum Gasteiger partial charge on any atom is -0.390 e. The molecule has 0 unspecified atom stereocenters. The van der Waals surface area contributed by atoms with E-state index >= 15 is 0 Å². The first kappa shape index (κ1) is 19.6. The average molecular weight is 367 g/mol. The van der Waals surface area contributed by atoms with E-state index in [2.05, 4.69) is 42.5 Å². The Kier molecular flexibility index (Phi) is 5.68. The number of nitrogens with one attached hydrogen (secondary N) is 1. The van der Waals surface area contributed by atoms with Crippen molar-refractivity contribution in [3.8, 4) is 0 Å². The fourth-order valence-electron chi connectivity index (χ4n) is 3.73. The Morgan fingerprint density at radius 3 is 2.44 bits per heavy atom. The quantitative estimate of drug-likeness (QED) is 0.824. The number of benzene rings is 2. The van der Waals surface area contributed by atoms with Crippen LogP contribution < -0.4 is 5.32 Å². The van der Waals surface area contributed by atoms with Crippen LogP contribution in [0.3, 0.4) is 0 Å². The third kappa shape index (κ3) is 4.76. The molecule has 2 aromatic rings. The van der Waals surface area contributed by atoms with Crippen molar-refractivity contribution in [2.24, 2.45) is 0 Å². The van der Waals surface area contributed by atoms with E-state index in [9.17, 15) is 9.90 Å². The molecule has 0 saturated carbocycles. The number of hydrogen-bond donors (Lipinski definition) is 2. The third-order valence-corrected chi connectivity index (χ3v) is 5.40. The van der Waals surface area contributed by atoms with Crippen LogP contribution in [0.15, 0.2) is 48.5 Å². The standard InChI is InChI=1S/C23H30N2O2/c1-23(2,27)14-13-16-9-11-17(12-10-16)22(26)24-21-19-8-6-5-7-18(19)15-20(21)25(3)4/h5-12,20-21,27H,13-15H2,1-4H3,(H,24,26)/t20-,21-/m1/s1. The lowest BCUT2D eigenvalue weighted by Crippen LogP contribution is -2.41. The number of fused-ring (bicyclic) bond motifs is 1. The lowest BCUT2D eigenvalue weighted by atomic mass is 9.98. The van der Waals surface area contributed by atoms with Crippen LogP contribution in [-0.2, 0) is 12.8 Å². The molecule has 1 aliphatic carbocycles. The zero-order chi connectivity index (χ0) is 19.6. The van der Waals surface area contributed by atoms with Crippen LogP contribution in [-0.4, -0.2) is 41.7 Å². The molecule has 27 heavy (non-hydrogen) atoms. The van der Waals surface area contributed by atoms with E-state index in [0.717, 1.165) is 18.4 Å². The molecular weight excluding hydrogens is 336 g/mol. The number of rotatable bonds is 6. The highest BCUT2D eigenvalue weighted by Crippen LogP contribution is 2.33. The first-order valence-electron chi connectivity index (χ1n) is 9.61. The van der Waals surface area contributed by atoms with Gasteiger partial charge in [0.15, 0.2) is 0 Å². The molecule has 0 heterocycles. The third-order valence-electron chi connectivity index (χ3n) is 5.40. The maximum atomic E-state index is 12.8. The molecule has 4 nitrogen and oxygen atoms in total. The van der Waals surface area contributed by atoms with E-state index in [4.69, 9.17) is 0 Å². The SMILES string of the molecule is CN(C)[C@@H]1Cc2ccccc2[C@H]1NC(=O)c1ccc(CCC(C)(C)O)cc1. The molecule has 2 N–H and O–H groups in total. The second-order valence-corrected chi connectivity index (χ2v) is 8.39. The molecule has 1 amide bonds. The number of carbonyl (C=O) groups is 1. The second-order valence-electron chi connectivity index (χ2n) is 8.39. The van der Waals surface area contributed by atoms with E-state index in [0.29, 0.717) is 12.0 Å². The molecule has 0 aromatic heterocycles. The Bertz CT molecular complexity index is 791. The summed E-state index contributed by atoms with van der Waals surface area (Å²) < 4.78 is 0. The van der Waals surface area contributed by atoms with Gasteiger partial charge in [0.2, 0.25) is 0 Å². The zero-order valence-electron chi connectivity index (χ0n) is 16.7. The first-order valence-corrected chi connectivity index (χ1v) is 9.61. The van der Waals surface area contributed by atoms with Crippen molar-refractivity contribution < 1.29 is 9.90 Å². The van der Waals surface area contributed by atoms with Crippen molar-refractivity contribution in [2.45, 2.75) is 50.8 Å². The molecule has 0 spiro atoms. The molecule has 0 radical (unpaired) electrons. The van der Waals surface area contributed by atoms with Crippen LogP contribution in [0.4, 0.5) is 0 Å². The highest BCUT2D eigenvalue weighted by molar-refractivity contribution is 5.94. The van der Waals surface area contributed by atoms with Gasteiger partial charge >= 0.3 is 0 Å². The van der Waals surface area contributed by atoms with Gasteiger partial charge in [0, 0.05) is 11.6 Å². The van der Waals surface area contributed by atoms with E-state index in [-0.39, 0.29) is 18.0 Å². The van der Waals surface area contributed by atoms with Gasteiger partial charge in [-0.15, -0.1) is 0 Å². The molecule has 2 atom stereocenters. The Morgan fingerprint density at radius 1 is 1.15 bits per heavy atom. The smallest absolute Gasteiger partial charge is 0.251 e. The lowest BCUT2D eigenvalue weighted by molar-refractivity contribution is 0.0713. The first-order chi connectivity index (χ1) is 12.7. The number of carbonyl (C=O) groups excluding carboxylic acids is 1. The van der Waals surface area contributed by atoms with Crippen LogP contribution in [0.25, 0.3) is 0 Å². The Morgan fingerprint density at radius 2 is 1.81 bits per heavy atom. The summed E-state index contributed by atoms with van der Waals surface area (Å²) >= 11 is 0. The molecule has 0 bridgehead atoms. The van der Waals surface area contributed by atoms with Crippen molar-refractivity contribution in [1.82, 2.24) is 10.2 Å². The van der Waals surface area contributed by atoms with Crippen molar-refractivity contribution in [2.75, 3.05) is 14.1 Å². The fourth-order valence-corrected chi connectivity index (χ4v) is 3.73. The molecule has 4 heteroatoms.